The molecule has 2 bridgehead atoms. The molecule has 5 heteroatoms. The number of fused-ring (bicyclic) bond motifs is 3. The Morgan fingerprint density at radius 1 is 1.35 bits per heavy atom. The van der Waals surface area contributed by atoms with Gasteiger partial charge in [0, 0.05) is 12.0 Å². The first-order valence-corrected chi connectivity index (χ1v) is 9.44. The molecule has 3 saturated heterocycles. The summed E-state index contributed by atoms with van der Waals surface area (Å²) in [5.41, 5.74) is 2.51. The highest BCUT2D eigenvalue weighted by Gasteiger charge is 2.40. The third-order valence-corrected chi connectivity index (χ3v) is 5.39. The maximum atomic E-state index is 11.5. The Hall–Kier alpha value is -1.87. The molecule has 0 radical (unpaired) electrons. The molecular weight excluding hydrogens is 330 g/mol. The van der Waals surface area contributed by atoms with Gasteiger partial charge in [-0.15, -0.1) is 0 Å². The first-order valence-electron chi connectivity index (χ1n) is 9.44. The number of carbonyl (C=O) groups is 1. The van der Waals surface area contributed by atoms with Gasteiger partial charge >= 0.3 is 5.97 Å². The lowest BCUT2D eigenvalue weighted by Crippen LogP contribution is -2.57. The van der Waals surface area contributed by atoms with Gasteiger partial charge in [-0.2, -0.15) is 0 Å². The van der Waals surface area contributed by atoms with Gasteiger partial charge in [0.25, 0.3) is 0 Å². The van der Waals surface area contributed by atoms with Crippen LogP contribution < -0.4 is 0 Å². The summed E-state index contributed by atoms with van der Waals surface area (Å²) in [6.07, 6.45) is 2.63. The summed E-state index contributed by atoms with van der Waals surface area (Å²) in [7, 11) is 0. The van der Waals surface area contributed by atoms with Crippen LogP contribution in [0, 0.1) is 17.8 Å². The SMILES string of the molecule is CCOC(=O)CCc1ccc(C#CC2C(O)C3CCN2CC3)c(CO)c1. The van der Waals surface area contributed by atoms with Gasteiger partial charge in [-0.3, -0.25) is 9.69 Å². The van der Waals surface area contributed by atoms with Gasteiger partial charge in [0.05, 0.1) is 25.4 Å². The van der Waals surface area contributed by atoms with Crippen molar-refractivity contribution in [1.29, 1.82) is 0 Å². The number of esters is 1. The van der Waals surface area contributed by atoms with Crippen molar-refractivity contribution >= 4 is 5.97 Å². The van der Waals surface area contributed by atoms with E-state index in [9.17, 15) is 15.0 Å². The summed E-state index contributed by atoms with van der Waals surface area (Å²) < 4.78 is 4.94. The Bertz CT molecular complexity index is 696. The van der Waals surface area contributed by atoms with Gasteiger partial charge in [-0.25, -0.2) is 0 Å². The fraction of sp³-hybridized carbons (Fsp3) is 0.571. The van der Waals surface area contributed by atoms with Crippen molar-refractivity contribution in [3.05, 3.63) is 34.9 Å². The van der Waals surface area contributed by atoms with Gasteiger partial charge in [-0.1, -0.05) is 24.0 Å². The fourth-order valence-corrected chi connectivity index (χ4v) is 3.88. The van der Waals surface area contributed by atoms with Crippen LogP contribution in [-0.2, 0) is 22.6 Å². The van der Waals surface area contributed by atoms with E-state index < -0.39 is 0 Å². The monoisotopic (exact) mass is 357 g/mol. The molecule has 2 unspecified atom stereocenters. The standard InChI is InChI=1S/C21H27NO4/c1-2-26-20(24)8-4-15-3-5-16(18(13-15)14-23)6-7-19-21(25)17-9-11-22(19)12-10-17/h3,5,13,17,19,21,23,25H,2,4,8-12,14H2,1H3. The van der Waals surface area contributed by atoms with E-state index >= 15 is 0 Å². The number of aliphatic hydroxyl groups is 2. The van der Waals surface area contributed by atoms with E-state index in [-0.39, 0.29) is 24.7 Å². The van der Waals surface area contributed by atoms with Gasteiger partial charge in [0.15, 0.2) is 0 Å². The molecule has 3 heterocycles. The van der Waals surface area contributed by atoms with Crippen LogP contribution in [0.1, 0.15) is 42.9 Å². The molecular formula is C21H27NO4. The normalized spacial score (nSPS) is 26.9. The smallest absolute Gasteiger partial charge is 0.306 e. The summed E-state index contributed by atoms with van der Waals surface area (Å²) in [4.78, 5) is 13.7. The van der Waals surface area contributed by atoms with Crippen LogP contribution in [0.25, 0.3) is 0 Å². The first kappa shape index (κ1) is 18.9. The predicted octanol–water partition coefficient (Wildman–Crippen LogP) is 1.48. The van der Waals surface area contributed by atoms with Crippen molar-refractivity contribution in [2.75, 3.05) is 19.7 Å². The predicted molar refractivity (Wildman–Crippen MR) is 98.3 cm³/mol. The molecule has 1 aromatic rings. The molecule has 0 saturated carbocycles. The zero-order valence-electron chi connectivity index (χ0n) is 15.3. The molecule has 1 aromatic carbocycles. The van der Waals surface area contributed by atoms with Crippen LogP contribution in [0.5, 0.6) is 0 Å². The van der Waals surface area contributed by atoms with E-state index in [2.05, 4.69) is 16.7 Å². The molecule has 0 amide bonds. The Kier molecular flexibility index (Phi) is 6.31. The lowest BCUT2D eigenvalue weighted by Gasteiger charge is -2.46. The second-order valence-corrected chi connectivity index (χ2v) is 7.03. The van der Waals surface area contributed by atoms with Crippen LogP contribution in [0.2, 0.25) is 0 Å². The third kappa shape index (κ3) is 4.27. The van der Waals surface area contributed by atoms with Crippen LogP contribution in [0.3, 0.4) is 0 Å². The van der Waals surface area contributed by atoms with E-state index in [4.69, 9.17) is 4.74 Å². The summed E-state index contributed by atoms with van der Waals surface area (Å²) in [5, 5.41) is 20.1. The molecule has 0 aromatic heterocycles. The molecule has 3 aliphatic rings. The van der Waals surface area contributed by atoms with Crippen molar-refractivity contribution in [2.24, 2.45) is 5.92 Å². The van der Waals surface area contributed by atoms with Gasteiger partial charge < -0.3 is 14.9 Å². The van der Waals surface area contributed by atoms with Crippen molar-refractivity contribution in [2.45, 2.75) is 51.4 Å². The molecule has 140 valence electrons. The second-order valence-electron chi connectivity index (χ2n) is 7.03. The Balaban J connectivity index is 1.70. The van der Waals surface area contributed by atoms with Gasteiger partial charge in [-0.05, 0) is 62.4 Å². The average molecular weight is 357 g/mol. The van der Waals surface area contributed by atoms with Crippen molar-refractivity contribution in [3.63, 3.8) is 0 Å². The van der Waals surface area contributed by atoms with Gasteiger partial charge in [0.2, 0.25) is 0 Å². The number of hydrogen-bond acceptors (Lipinski definition) is 5. The van der Waals surface area contributed by atoms with E-state index in [0.717, 1.165) is 42.6 Å². The number of carbonyl (C=O) groups excluding carboxylic acids is 1. The van der Waals surface area contributed by atoms with Crippen LogP contribution in [-0.4, -0.2) is 52.9 Å². The number of aryl methyl sites for hydroxylation is 1. The van der Waals surface area contributed by atoms with E-state index in [1.54, 1.807) is 6.92 Å². The van der Waals surface area contributed by atoms with Crippen LogP contribution in [0.4, 0.5) is 0 Å². The molecule has 3 fully saturated rings. The molecule has 0 aliphatic carbocycles. The summed E-state index contributed by atoms with van der Waals surface area (Å²) in [6, 6.07) is 5.61. The minimum Gasteiger partial charge on any atom is -0.466 e. The van der Waals surface area contributed by atoms with Gasteiger partial charge in [0.1, 0.15) is 0 Å². The fourth-order valence-electron chi connectivity index (χ4n) is 3.88. The average Bonchev–Trinajstić information content (AvgIpc) is 2.67. The van der Waals surface area contributed by atoms with Crippen molar-refractivity contribution in [1.82, 2.24) is 4.90 Å². The summed E-state index contributed by atoms with van der Waals surface area (Å²) in [5.74, 6) is 6.53. The summed E-state index contributed by atoms with van der Waals surface area (Å²) >= 11 is 0. The Morgan fingerprint density at radius 2 is 2.12 bits per heavy atom. The van der Waals surface area contributed by atoms with Crippen LogP contribution >= 0.6 is 0 Å². The van der Waals surface area contributed by atoms with E-state index in [0.29, 0.717) is 25.4 Å². The summed E-state index contributed by atoms with van der Waals surface area (Å²) in [6.45, 7) is 4.08. The number of aliphatic hydroxyl groups excluding tert-OH is 2. The molecule has 4 rings (SSSR count). The highest BCUT2D eigenvalue weighted by molar-refractivity contribution is 5.69. The zero-order valence-corrected chi connectivity index (χ0v) is 15.3. The molecule has 0 spiro atoms. The van der Waals surface area contributed by atoms with Crippen molar-refractivity contribution in [3.8, 4) is 11.8 Å². The van der Waals surface area contributed by atoms with Crippen molar-refractivity contribution < 1.29 is 19.7 Å². The van der Waals surface area contributed by atoms with Crippen LogP contribution in [0.15, 0.2) is 18.2 Å². The topological polar surface area (TPSA) is 70.0 Å². The number of rotatable bonds is 5. The largest absolute Gasteiger partial charge is 0.466 e. The zero-order chi connectivity index (χ0) is 18.5. The highest BCUT2D eigenvalue weighted by atomic mass is 16.5. The minimum atomic E-state index is -0.383. The quantitative estimate of drug-likeness (QED) is 0.617. The maximum absolute atomic E-state index is 11.5. The first-order chi connectivity index (χ1) is 12.6. The van der Waals surface area contributed by atoms with E-state index in [1.165, 1.54) is 0 Å². The molecule has 5 nitrogen and oxygen atoms in total. The number of piperidine rings is 3. The number of ether oxygens (including phenoxy) is 1. The lowest BCUT2D eigenvalue weighted by molar-refractivity contribution is -0.143. The molecule has 2 atom stereocenters. The number of hydrogen-bond donors (Lipinski definition) is 2. The van der Waals surface area contributed by atoms with E-state index in [1.807, 2.05) is 18.2 Å². The second kappa shape index (κ2) is 8.68. The third-order valence-electron chi connectivity index (χ3n) is 5.39. The minimum absolute atomic E-state index is 0.100. The Morgan fingerprint density at radius 3 is 2.77 bits per heavy atom. The molecule has 26 heavy (non-hydrogen) atoms. The Labute approximate surface area is 155 Å². The number of nitrogens with zero attached hydrogens (tertiary/aromatic N) is 1. The highest BCUT2D eigenvalue weighted by Crippen LogP contribution is 2.32. The number of benzene rings is 1. The lowest BCUT2D eigenvalue weighted by atomic mass is 9.81. The maximum Gasteiger partial charge on any atom is 0.306 e. The molecule has 2 N–H and O–H groups in total. The molecule has 3 aliphatic heterocycles.